The molecule has 0 spiro atoms. The number of carbonyl (C=O) groups is 1. The molecular weight excluding hydrogens is 278 g/mol. The summed E-state index contributed by atoms with van der Waals surface area (Å²) in [5, 5.41) is 1.93. The number of carbonyl (C=O) groups excluding carboxylic acids is 1. The van der Waals surface area contributed by atoms with Crippen LogP contribution in [0.1, 0.15) is 12.5 Å². The summed E-state index contributed by atoms with van der Waals surface area (Å²) >= 11 is 3.18. The van der Waals surface area contributed by atoms with E-state index in [0.29, 0.717) is 12.4 Å². The van der Waals surface area contributed by atoms with Gasteiger partial charge < -0.3 is 4.74 Å². The van der Waals surface area contributed by atoms with Gasteiger partial charge in [-0.05, 0) is 5.56 Å². The molecule has 0 aliphatic rings. The van der Waals surface area contributed by atoms with Crippen LogP contribution in [0.3, 0.4) is 0 Å². The Hall–Kier alpha value is -1.33. The van der Waals surface area contributed by atoms with Crippen LogP contribution in [-0.4, -0.2) is 16.7 Å². The molecule has 0 fully saturated rings. The number of thioether (sulfide) groups is 1. The summed E-state index contributed by atoms with van der Waals surface area (Å²) in [6.07, 6.45) is 1.77. The van der Waals surface area contributed by atoms with E-state index in [2.05, 4.69) is 4.98 Å². The highest BCUT2D eigenvalue weighted by Gasteiger charge is 2.15. The predicted molar refractivity (Wildman–Crippen MR) is 78.2 cm³/mol. The smallest absolute Gasteiger partial charge is 0.309 e. The summed E-state index contributed by atoms with van der Waals surface area (Å²) in [6, 6.07) is 9.71. The maximum Gasteiger partial charge on any atom is 0.309 e. The van der Waals surface area contributed by atoms with E-state index < -0.39 is 0 Å². The number of nitrogens with zero attached hydrogens (tertiary/aromatic N) is 1. The fraction of sp³-hybridized carbons (Fsp3) is 0.286. The molecule has 1 aromatic heterocycles. The molecule has 1 heterocycles. The second-order valence-corrected chi connectivity index (χ2v) is 6.27. The first-order valence-electron chi connectivity index (χ1n) is 5.98. The molecule has 2 rings (SSSR count). The number of thiazole rings is 1. The Bertz CT molecular complexity index is 499. The van der Waals surface area contributed by atoms with Gasteiger partial charge in [-0.15, -0.1) is 11.3 Å². The zero-order valence-electron chi connectivity index (χ0n) is 10.6. The van der Waals surface area contributed by atoms with Gasteiger partial charge in [0.1, 0.15) is 10.9 Å². The lowest BCUT2D eigenvalue weighted by atomic mass is 10.2. The van der Waals surface area contributed by atoms with Gasteiger partial charge in [-0.25, -0.2) is 4.98 Å². The second-order valence-electron chi connectivity index (χ2n) is 4.10. The van der Waals surface area contributed by atoms with Crippen LogP contribution in [-0.2, 0) is 16.1 Å². The topological polar surface area (TPSA) is 39.2 Å². The number of esters is 1. The average Bonchev–Trinajstić information content (AvgIpc) is 2.96. The first kappa shape index (κ1) is 14.1. The van der Waals surface area contributed by atoms with E-state index in [0.717, 1.165) is 9.90 Å². The van der Waals surface area contributed by atoms with Gasteiger partial charge in [-0.1, -0.05) is 49.0 Å². The summed E-state index contributed by atoms with van der Waals surface area (Å²) in [6.45, 7) is 2.22. The Morgan fingerprint density at radius 3 is 2.89 bits per heavy atom. The van der Waals surface area contributed by atoms with Crippen molar-refractivity contribution in [1.82, 2.24) is 4.98 Å². The molecule has 0 aliphatic carbocycles. The maximum atomic E-state index is 11.8. The SMILES string of the molecule is CC(CSc1nccs1)C(=O)OCc1ccccc1. The van der Waals surface area contributed by atoms with Crippen LogP contribution >= 0.6 is 23.1 Å². The molecule has 0 N–H and O–H groups in total. The maximum absolute atomic E-state index is 11.8. The Morgan fingerprint density at radius 1 is 1.42 bits per heavy atom. The van der Waals surface area contributed by atoms with Crippen molar-refractivity contribution < 1.29 is 9.53 Å². The van der Waals surface area contributed by atoms with Gasteiger partial charge in [0, 0.05) is 17.3 Å². The van der Waals surface area contributed by atoms with Gasteiger partial charge in [-0.2, -0.15) is 0 Å². The molecule has 19 heavy (non-hydrogen) atoms. The standard InChI is InChI=1S/C14H15NO2S2/c1-11(10-19-14-15-7-8-18-14)13(16)17-9-12-5-3-2-4-6-12/h2-8,11H,9-10H2,1H3. The van der Waals surface area contributed by atoms with Gasteiger partial charge in [0.15, 0.2) is 0 Å². The number of ether oxygens (including phenoxy) is 1. The van der Waals surface area contributed by atoms with Crippen molar-refractivity contribution in [3.05, 3.63) is 47.5 Å². The van der Waals surface area contributed by atoms with E-state index in [1.54, 1.807) is 29.3 Å². The minimum atomic E-state index is -0.159. The lowest BCUT2D eigenvalue weighted by molar-refractivity contribution is -0.148. The van der Waals surface area contributed by atoms with Crippen LogP contribution in [0, 0.1) is 5.92 Å². The first-order chi connectivity index (χ1) is 9.25. The molecule has 1 aromatic carbocycles. The monoisotopic (exact) mass is 293 g/mol. The normalized spacial score (nSPS) is 12.1. The second kappa shape index (κ2) is 7.31. The number of hydrogen-bond acceptors (Lipinski definition) is 5. The number of benzene rings is 1. The Balaban J connectivity index is 1.73. The van der Waals surface area contributed by atoms with Crippen molar-refractivity contribution in [3.63, 3.8) is 0 Å². The third-order valence-electron chi connectivity index (χ3n) is 2.49. The summed E-state index contributed by atoms with van der Waals surface area (Å²) in [5.74, 6) is 0.409. The van der Waals surface area contributed by atoms with Gasteiger partial charge in [0.25, 0.3) is 0 Å². The van der Waals surface area contributed by atoms with Gasteiger partial charge in [0.2, 0.25) is 0 Å². The van der Waals surface area contributed by atoms with Crippen LogP contribution in [0.4, 0.5) is 0 Å². The van der Waals surface area contributed by atoms with Gasteiger partial charge in [-0.3, -0.25) is 4.79 Å². The van der Waals surface area contributed by atoms with E-state index in [1.807, 2.05) is 42.6 Å². The molecular formula is C14H15NO2S2. The zero-order chi connectivity index (χ0) is 13.5. The Labute approximate surface area is 121 Å². The molecule has 3 nitrogen and oxygen atoms in total. The number of hydrogen-bond donors (Lipinski definition) is 0. The number of aromatic nitrogens is 1. The van der Waals surface area contributed by atoms with Crippen LogP contribution in [0.2, 0.25) is 0 Å². The fourth-order valence-electron chi connectivity index (χ4n) is 1.42. The molecule has 1 atom stereocenters. The Morgan fingerprint density at radius 2 is 2.21 bits per heavy atom. The summed E-state index contributed by atoms with van der Waals surface area (Å²) in [5.41, 5.74) is 1.01. The predicted octanol–water partition coefficient (Wildman–Crippen LogP) is 3.61. The highest BCUT2D eigenvalue weighted by atomic mass is 32.2. The molecule has 0 bridgehead atoms. The molecule has 0 radical (unpaired) electrons. The first-order valence-corrected chi connectivity index (χ1v) is 7.85. The zero-order valence-corrected chi connectivity index (χ0v) is 12.2. The third kappa shape index (κ3) is 4.69. The van der Waals surface area contributed by atoms with Crippen molar-refractivity contribution in [2.24, 2.45) is 5.92 Å². The molecule has 5 heteroatoms. The molecule has 100 valence electrons. The third-order valence-corrected chi connectivity index (χ3v) is 4.72. The van der Waals surface area contributed by atoms with Crippen molar-refractivity contribution in [2.45, 2.75) is 17.9 Å². The van der Waals surface area contributed by atoms with Gasteiger partial charge >= 0.3 is 5.97 Å². The number of rotatable bonds is 6. The van der Waals surface area contributed by atoms with E-state index in [9.17, 15) is 4.79 Å². The average molecular weight is 293 g/mol. The summed E-state index contributed by atoms with van der Waals surface area (Å²) in [4.78, 5) is 16.0. The van der Waals surface area contributed by atoms with Crippen molar-refractivity contribution in [2.75, 3.05) is 5.75 Å². The quantitative estimate of drug-likeness (QED) is 0.602. The Kier molecular flexibility index (Phi) is 5.42. The van der Waals surface area contributed by atoms with Crippen LogP contribution in [0.15, 0.2) is 46.2 Å². The molecule has 0 saturated carbocycles. The van der Waals surface area contributed by atoms with Crippen LogP contribution < -0.4 is 0 Å². The molecule has 0 aliphatic heterocycles. The fourth-order valence-corrected chi connectivity index (χ4v) is 3.08. The minimum Gasteiger partial charge on any atom is -0.461 e. The lowest BCUT2D eigenvalue weighted by Crippen LogP contribution is -2.16. The molecule has 0 amide bonds. The van der Waals surface area contributed by atoms with E-state index in [4.69, 9.17) is 4.74 Å². The molecule has 2 aromatic rings. The van der Waals surface area contributed by atoms with Crippen LogP contribution in [0.5, 0.6) is 0 Å². The van der Waals surface area contributed by atoms with E-state index >= 15 is 0 Å². The largest absolute Gasteiger partial charge is 0.461 e. The van der Waals surface area contributed by atoms with Crippen molar-refractivity contribution in [1.29, 1.82) is 0 Å². The van der Waals surface area contributed by atoms with Crippen LogP contribution in [0.25, 0.3) is 0 Å². The van der Waals surface area contributed by atoms with Gasteiger partial charge in [0.05, 0.1) is 5.92 Å². The summed E-state index contributed by atoms with van der Waals surface area (Å²) in [7, 11) is 0. The van der Waals surface area contributed by atoms with Crippen molar-refractivity contribution >= 4 is 29.1 Å². The van der Waals surface area contributed by atoms with Crippen molar-refractivity contribution in [3.8, 4) is 0 Å². The van der Waals surface area contributed by atoms with E-state index in [1.165, 1.54) is 0 Å². The highest BCUT2D eigenvalue weighted by molar-refractivity contribution is 8.01. The lowest BCUT2D eigenvalue weighted by Gasteiger charge is -2.10. The highest BCUT2D eigenvalue weighted by Crippen LogP contribution is 2.23. The molecule has 0 saturated heterocycles. The minimum absolute atomic E-state index is 0.127. The molecule has 1 unspecified atom stereocenters. The van der Waals surface area contributed by atoms with E-state index in [-0.39, 0.29) is 11.9 Å². The summed E-state index contributed by atoms with van der Waals surface area (Å²) < 4.78 is 6.28.